The van der Waals surface area contributed by atoms with Crippen molar-refractivity contribution >= 4 is 11.9 Å². The van der Waals surface area contributed by atoms with E-state index >= 15 is 0 Å². The number of rotatable bonds is 10. The molecule has 0 radical (unpaired) electrons. The molecule has 2 aliphatic heterocycles. The van der Waals surface area contributed by atoms with Gasteiger partial charge in [0, 0.05) is 11.8 Å². The highest BCUT2D eigenvalue weighted by Gasteiger charge is 2.39. The predicted molar refractivity (Wildman–Crippen MR) is 124 cm³/mol. The Balaban J connectivity index is 1.95. The molecule has 0 aromatic carbocycles. The third-order valence-electron chi connectivity index (χ3n) is 7.59. The van der Waals surface area contributed by atoms with Crippen molar-refractivity contribution < 1.29 is 19.1 Å². The normalized spacial score (nSPS) is 21.4. The van der Waals surface area contributed by atoms with Crippen molar-refractivity contribution in [2.45, 2.75) is 97.7 Å². The van der Waals surface area contributed by atoms with Crippen LogP contribution < -0.4 is 10.6 Å². The highest BCUT2D eigenvalue weighted by molar-refractivity contribution is 5.76. The van der Waals surface area contributed by atoms with Crippen molar-refractivity contribution in [2.24, 2.45) is 23.7 Å². The maximum Gasteiger partial charge on any atom is 0.309 e. The maximum absolute atomic E-state index is 13.0. The van der Waals surface area contributed by atoms with Crippen LogP contribution in [0.3, 0.4) is 0 Å². The van der Waals surface area contributed by atoms with Crippen LogP contribution in [0, 0.1) is 23.7 Å². The number of ether oxygens (including phenoxy) is 2. The van der Waals surface area contributed by atoms with Gasteiger partial charge < -0.3 is 20.1 Å². The van der Waals surface area contributed by atoms with Gasteiger partial charge in [-0.25, -0.2) is 0 Å². The van der Waals surface area contributed by atoms with Crippen molar-refractivity contribution in [1.29, 1.82) is 0 Å². The summed E-state index contributed by atoms with van der Waals surface area (Å²) in [6.07, 6.45) is 5.92. The van der Waals surface area contributed by atoms with Gasteiger partial charge >= 0.3 is 11.9 Å². The van der Waals surface area contributed by atoms with Gasteiger partial charge in [0.1, 0.15) is 11.2 Å². The average molecular weight is 439 g/mol. The Bertz CT molecular complexity index is 528. The fraction of sp³-hybridized carbons (Fsp3) is 0.920. The highest BCUT2D eigenvalue weighted by atomic mass is 16.6. The molecule has 0 aliphatic carbocycles. The zero-order valence-corrected chi connectivity index (χ0v) is 20.7. The van der Waals surface area contributed by atoms with Crippen LogP contribution in [-0.2, 0) is 19.1 Å². The Morgan fingerprint density at radius 3 is 1.35 bits per heavy atom. The molecule has 0 amide bonds. The number of hydrogen-bond donors (Lipinski definition) is 2. The van der Waals surface area contributed by atoms with E-state index < -0.39 is 11.2 Å². The van der Waals surface area contributed by atoms with Crippen molar-refractivity contribution in [3.05, 3.63) is 0 Å². The zero-order valence-electron chi connectivity index (χ0n) is 20.7. The van der Waals surface area contributed by atoms with E-state index in [1.165, 1.54) is 0 Å². The van der Waals surface area contributed by atoms with Gasteiger partial charge in [0.15, 0.2) is 0 Å². The second-order valence-corrected chi connectivity index (χ2v) is 10.5. The van der Waals surface area contributed by atoms with Crippen molar-refractivity contribution in [3.8, 4) is 0 Å². The number of carbonyl (C=O) groups excluding carboxylic acids is 2. The van der Waals surface area contributed by atoms with Crippen LogP contribution in [0.2, 0.25) is 0 Å². The summed E-state index contributed by atoms with van der Waals surface area (Å²) in [5.74, 6) is -0.161. The summed E-state index contributed by atoms with van der Waals surface area (Å²) in [6.45, 7) is 16.0. The molecule has 0 spiro atoms. The van der Waals surface area contributed by atoms with E-state index in [1.807, 2.05) is 41.5 Å². The first-order chi connectivity index (χ1) is 14.6. The van der Waals surface area contributed by atoms with Gasteiger partial charge in [0.05, 0.1) is 11.8 Å². The first-order valence-electron chi connectivity index (χ1n) is 12.5. The smallest absolute Gasteiger partial charge is 0.309 e. The van der Waals surface area contributed by atoms with Crippen LogP contribution in [0.15, 0.2) is 0 Å². The van der Waals surface area contributed by atoms with E-state index in [4.69, 9.17) is 9.47 Å². The van der Waals surface area contributed by atoms with Crippen molar-refractivity contribution in [3.63, 3.8) is 0 Å². The predicted octanol–water partition coefficient (Wildman–Crippen LogP) is 4.07. The average Bonchev–Trinajstić information content (AvgIpc) is 2.75. The number of esters is 2. The Morgan fingerprint density at radius 2 is 1.06 bits per heavy atom. The van der Waals surface area contributed by atoms with Crippen LogP contribution in [0.25, 0.3) is 0 Å². The maximum atomic E-state index is 13.0. The number of piperidine rings is 2. The first-order valence-corrected chi connectivity index (χ1v) is 12.5. The van der Waals surface area contributed by atoms with Crippen molar-refractivity contribution in [2.75, 3.05) is 26.2 Å². The molecule has 0 saturated carbocycles. The van der Waals surface area contributed by atoms with E-state index in [2.05, 4.69) is 10.6 Å². The lowest BCUT2D eigenvalue weighted by Gasteiger charge is -2.38. The van der Waals surface area contributed by atoms with Crippen LogP contribution in [0.4, 0.5) is 0 Å². The molecular weight excluding hydrogens is 392 g/mol. The standard InChI is InChI=1S/C25H46N2O4/c1-7-18(22(28)30-24(3,4)20-9-13-26-14-10-20)17-19(8-2)23(29)31-25(5,6)21-11-15-27-16-12-21/h18-21,26-27H,7-17H2,1-6H3. The van der Waals surface area contributed by atoms with E-state index in [-0.39, 0.29) is 23.8 Å². The summed E-state index contributed by atoms with van der Waals surface area (Å²) in [5.41, 5.74) is -0.961. The molecule has 6 nitrogen and oxygen atoms in total. The molecule has 0 aromatic rings. The molecule has 2 heterocycles. The minimum Gasteiger partial charge on any atom is -0.459 e. The Morgan fingerprint density at radius 1 is 0.742 bits per heavy atom. The molecule has 2 aliphatic rings. The van der Waals surface area contributed by atoms with Gasteiger partial charge in [-0.3, -0.25) is 9.59 Å². The largest absolute Gasteiger partial charge is 0.459 e. The number of hydrogen-bond acceptors (Lipinski definition) is 6. The molecule has 2 N–H and O–H groups in total. The zero-order chi connectivity index (χ0) is 23.1. The molecule has 6 heteroatoms. The monoisotopic (exact) mass is 438 g/mol. The molecule has 0 aromatic heterocycles. The summed E-state index contributed by atoms with van der Waals surface area (Å²) in [5, 5.41) is 6.73. The van der Waals surface area contributed by atoms with Crippen molar-refractivity contribution in [1.82, 2.24) is 10.6 Å². The molecule has 2 unspecified atom stereocenters. The van der Waals surface area contributed by atoms with Crippen LogP contribution in [-0.4, -0.2) is 49.3 Å². The second-order valence-electron chi connectivity index (χ2n) is 10.5. The third kappa shape index (κ3) is 7.45. The summed E-state index contributed by atoms with van der Waals surface area (Å²) in [7, 11) is 0. The van der Waals surface area contributed by atoms with Gasteiger partial charge in [-0.2, -0.15) is 0 Å². The van der Waals surface area contributed by atoms with Gasteiger partial charge in [-0.1, -0.05) is 13.8 Å². The number of nitrogens with one attached hydrogen (secondary N) is 2. The van der Waals surface area contributed by atoms with E-state index in [0.717, 1.165) is 51.9 Å². The van der Waals surface area contributed by atoms with E-state index in [0.29, 0.717) is 31.1 Å². The first kappa shape index (κ1) is 26.1. The van der Waals surface area contributed by atoms with Gasteiger partial charge in [-0.15, -0.1) is 0 Å². The summed E-state index contributed by atoms with van der Waals surface area (Å²) >= 11 is 0. The van der Waals surface area contributed by atoms with Gasteiger partial charge in [0.2, 0.25) is 0 Å². The lowest BCUT2D eigenvalue weighted by Crippen LogP contribution is -2.44. The van der Waals surface area contributed by atoms with Crippen LogP contribution >= 0.6 is 0 Å². The van der Waals surface area contributed by atoms with Crippen LogP contribution in [0.1, 0.15) is 86.5 Å². The molecule has 2 saturated heterocycles. The lowest BCUT2D eigenvalue weighted by molar-refractivity contribution is -0.172. The summed E-state index contributed by atoms with van der Waals surface area (Å²) in [6, 6.07) is 0. The Hall–Kier alpha value is -1.14. The molecule has 31 heavy (non-hydrogen) atoms. The minimum atomic E-state index is -0.480. The topological polar surface area (TPSA) is 76.7 Å². The molecule has 0 bridgehead atoms. The molecular formula is C25H46N2O4. The molecule has 180 valence electrons. The lowest BCUT2D eigenvalue weighted by atomic mass is 9.82. The third-order valence-corrected chi connectivity index (χ3v) is 7.59. The number of carbonyl (C=O) groups is 2. The highest BCUT2D eigenvalue weighted by Crippen LogP contribution is 2.33. The quantitative estimate of drug-likeness (QED) is 0.501. The van der Waals surface area contributed by atoms with E-state index in [9.17, 15) is 9.59 Å². The van der Waals surface area contributed by atoms with Gasteiger partial charge in [0.25, 0.3) is 0 Å². The Kier molecular flexibility index (Phi) is 9.81. The molecule has 2 fully saturated rings. The van der Waals surface area contributed by atoms with Gasteiger partial charge in [-0.05, 0) is 98.8 Å². The van der Waals surface area contributed by atoms with E-state index in [1.54, 1.807) is 0 Å². The molecule has 2 atom stereocenters. The Labute approximate surface area is 189 Å². The SMILES string of the molecule is CCC(CC(CC)C(=O)OC(C)(C)C1CCNCC1)C(=O)OC(C)(C)C1CCNCC1. The summed E-state index contributed by atoms with van der Waals surface area (Å²) < 4.78 is 12.1. The fourth-order valence-corrected chi connectivity index (χ4v) is 5.09. The fourth-order valence-electron chi connectivity index (χ4n) is 5.09. The second kappa shape index (κ2) is 11.6. The van der Waals surface area contributed by atoms with Crippen LogP contribution in [0.5, 0.6) is 0 Å². The summed E-state index contributed by atoms with van der Waals surface area (Å²) in [4.78, 5) is 26.1. The molecule has 2 rings (SSSR count). The minimum absolute atomic E-state index is 0.171.